The lowest BCUT2D eigenvalue weighted by molar-refractivity contribution is -0.114. The molecule has 0 aliphatic carbocycles. The molecular weight excluding hydrogens is 526 g/mol. The maximum atomic E-state index is 12.8. The van der Waals surface area contributed by atoms with Crippen LogP contribution in [0.5, 0.6) is 5.75 Å². The van der Waals surface area contributed by atoms with Crippen molar-refractivity contribution in [1.82, 2.24) is 0 Å². The van der Waals surface area contributed by atoms with Crippen molar-refractivity contribution in [3.63, 3.8) is 0 Å². The van der Waals surface area contributed by atoms with Crippen molar-refractivity contribution in [1.29, 1.82) is 0 Å². The normalized spacial score (nSPS) is 11.6. The highest BCUT2D eigenvalue weighted by Crippen LogP contribution is 2.30. The molecule has 1 amide bonds. The van der Waals surface area contributed by atoms with Gasteiger partial charge in [0, 0.05) is 10.7 Å². The van der Waals surface area contributed by atoms with Gasteiger partial charge in [-0.3, -0.25) is 13.8 Å². The van der Waals surface area contributed by atoms with E-state index >= 15 is 0 Å². The van der Waals surface area contributed by atoms with Crippen LogP contribution in [0.4, 0.5) is 17.1 Å². The molecule has 0 unspecified atom stereocenters. The number of sulfonamides is 2. The number of hydrogen-bond acceptors (Lipinski definition) is 6. The van der Waals surface area contributed by atoms with E-state index in [0.29, 0.717) is 34.3 Å². The Morgan fingerprint density at radius 2 is 1.64 bits per heavy atom. The van der Waals surface area contributed by atoms with Gasteiger partial charge in [-0.1, -0.05) is 29.8 Å². The number of hydrogen-bond donors (Lipinski definition) is 2. The fraction of sp³-hybridized carbons (Fsp3) is 0.208. The van der Waals surface area contributed by atoms with Crippen molar-refractivity contribution >= 4 is 54.6 Å². The van der Waals surface area contributed by atoms with Crippen LogP contribution in [-0.2, 0) is 24.8 Å². The second-order valence-electron chi connectivity index (χ2n) is 7.76. The second-order valence-corrected chi connectivity index (χ2v) is 11.8. The average molecular weight is 552 g/mol. The zero-order chi connectivity index (χ0) is 26.5. The van der Waals surface area contributed by atoms with E-state index in [1.807, 2.05) is 0 Å². The van der Waals surface area contributed by atoms with Crippen LogP contribution in [0.1, 0.15) is 12.5 Å². The fourth-order valence-electron chi connectivity index (χ4n) is 3.29. The van der Waals surface area contributed by atoms with Gasteiger partial charge >= 0.3 is 0 Å². The van der Waals surface area contributed by atoms with E-state index in [2.05, 4.69) is 10.0 Å². The molecule has 0 saturated carbocycles. The Labute approximate surface area is 216 Å². The predicted octanol–water partition coefficient (Wildman–Crippen LogP) is 4.25. The molecular formula is C24H26ClN3O6S2. The molecule has 0 bridgehead atoms. The molecule has 0 atom stereocenters. The lowest BCUT2D eigenvalue weighted by Crippen LogP contribution is -2.37. The molecule has 36 heavy (non-hydrogen) atoms. The molecule has 0 aromatic heterocycles. The van der Waals surface area contributed by atoms with Crippen molar-refractivity contribution in [3.05, 3.63) is 77.3 Å². The topological polar surface area (TPSA) is 122 Å². The van der Waals surface area contributed by atoms with Crippen LogP contribution in [-0.4, -0.2) is 42.2 Å². The minimum absolute atomic E-state index is 0.0247. The molecule has 0 heterocycles. The maximum absolute atomic E-state index is 12.8. The van der Waals surface area contributed by atoms with E-state index in [1.54, 1.807) is 56.3 Å². The van der Waals surface area contributed by atoms with Gasteiger partial charge in [0.2, 0.25) is 15.9 Å². The molecule has 0 fully saturated rings. The van der Waals surface area contributed by atoms with Crippen molar-refractivity contribution in [2.75, 3.05) is 33.8 Å². The number of nitrogens with zero attached hydrogens (tertiary/aromatic N) is 1. The van der Waals surface area contributed by atoms with Crippen LogP contribution in [0.3, 0.4) is 0 Å². The summed E-state index contributed by atoms with van der Waals surface area (Å²) in [6, 6.07) is 16.9. The molecule has 0 saturated heterocycles. The van der Waals surface area contributed by atoms with Crippen LogP contribution in [0.15, 0.2) is 71.6 Å². The van der Waals surface area contributed by atoms with Gasteiger partial charge in [0.05, 0.1) is 29.1 Å². The summed E-state index contributed by atoms with van der Waals surface area (Å²) < 4.78 is 59.4. The Hall–Kier alpha value is -3.28. The Morgan fingerprint density at radius 1 is 0.972 bits per heavy atom. The van der Waals surface area contributed by atoms with Crippen LogP contribution in [0.2, 0.25) is 5.02 Å². The van der Waals surface area contributed by atoms with Gasteiger partial charge in [-0.25, -0.2) is 16.8 Å². The third-order valence-electron chi connectivity index (χ3n) is 5.08. The summed E-state index contributed by atoms with van der Waals surface area (Å²) in [6.45, 7) is 3.29. The van der Waals surface area contributed by atoms with Crippen LogP contribution >= 0.6 is 11.6 Å². The van der Waals surface area contributed by atoms with Crippen molar-refractivity contribution in [3.8, 4) is 5.75 Å². The number of amides is 1. The molecule has 2 N–H and O–H groups in total. The summed E-state index contributed by atoms with van der Waals surface area (Å²) in [5.41, 5.74) is 1.48. The van der Waals surface area contributed by atoms with Crippen molar-refractivity contribution in [2.24, 2.45) is 0 Å². The van der Waals surface area contributed by atoms with Gasteiger partial charge in [0.1, 0.15) is 12.3 Å². The second kappa shape index (κ2) is 11.2. The van der Waals surface area contributed by atoms with E-state index in [4.69, 9.17) is 16.3 Å². The summed E-state index contributed by atoms with van der Waals surface area (Å²) in [6.07, 6.45) is 0.997. The number of benzene rings is 3. The standard InChI is InChI=1S/C24H26ClN3O6S2/c1-4-34-23-11-6-5-10-22(23)28(35(3,30)31)16-24(29)26-18-12-14-19(15-13-18)36(32,33)27-21-9-7-8-20(25)17(21)2/h5-15,27H,4,16H2,1-3H3,(H,26,29). The van der Waals surface area contributed by atoms with Crippen molar-refractivity contribution < 1.29 is 26.4 Å². The molecule has 12 heteroatoms. The first-order valence-electron chi connectivity index (χ1n) is 10.8. The van der Waals surface area contributed by atoms with Gasteiger partial charge in [-0.05, 0) is 67.9 Å². The van der Waals surface area contributed by atoms with E-state index < -0.39 is 32.5 Å². The average Bonchev–Trinajstić information content (AvgIpc) is 2.81. The van der Waals surface area contributed by atoms with E-state index in [9.17, 15) is 21.6 Å². The molecule has 9 nitrogen and oxygen atoms in total. The van der Waals surface area contributed by atoms with E-state index in [0.717, 1.165) is 10.6 Å². The third-order valence-corrected chi connectivity index (χ3v) is 8.00. The highest BCUT2D eigenvalue weighted by Gasteiger charge is 2.24. The summed E-state index contributed by atoms with van der Waals surface area (Å²) in [5, 5.41) is 3.02. The fourth-order valence-corrected chi connectivity index (χ4v) is 5.45. The molecule has 3 aromatic rings. The number of carbonyl (C=O) groups excluding carboxylic acids is 1. The first kappa shape index (κ1) is 27.3. The van der Waals surface area contributed by atoms with Gasteiger partial charge in [-0.15, -0.1) is 0 Å². The van der Waals surface area contributed by atoms with Gasteiger partial charge in [0.25, 0.3) is 10.0 Å². The number of nitrogens with one attached hydrogen (secondary N) is 2. The third kappa shape index (κ3) is 6.68. The van der Waals surface area contributed by atoms with Gasteiger partial charge in [0.15, 0.2) is 0 Å². The Morgan fingerprint density at radius 3 is 2.28 bits per heavy atom. The summed E-state index contributed by atoms with van der Waals surface area (Å²) >= 11 is 6.06. The predicted molar refractivity (Wildman–Crippen MR) is 142 cm³/mol. The molecule has 0 aliphatic heterocycles. The van der Waals surface area contributed by atoms with Crippen LogP contribution in [0.25, 0.3) is 0 Å². The van der Waals surface area contributed by atoms with E-state index in [1.165, 1.54) is 24.3 Å². The molecule has 192 valence electrons. The monoisotopic (exact) mass is 551 g/mol. The van der Waals surface area contributed by atoms with Crippen LogP contribution < -0.4 is 19.1 Å². The van der Waals surface area contributed by atoms with Crippen molar-refractivity contribution in [2.45, 2.75) is 18.7 Å². The maximum Gasteiger partial charge on any atom is 0.261 e. The number of carbonyl (C=O) groups is 1. The van der Waals surface area contributed by atoms with Crippen LogP contribution in [0, 0.1) is 6.92 Å². The lowest BCUT2D eigenvalue weighted by atomic mass is 10.2. The summed E-state index contributed by atoms with van der Waals surface area (Å²) in [5.74, 6) is -0.287. The Kier molecular flexibility index (Phi) is 8.49. The molecule has 0 aliphatic rings. The molecule has 0 spiro atoms. The minimum Gasteiger partial charge on any atom is -0.492 e. The number of rotatable bonds is 10. The Bertz CT molecular complexity index is 1460. The number of para-hydroxylation sites is 2. The lowest BCUT2D eigenvalue weighted by Gasteiger charge is -2.24. The first-order chi connectivity index (χ1) is 16.9. The van der Waals surface area contributed by atoms with E-state index in [-0.39, 0.29) is 10.6 Å². The minimum atomic E-state index is -3.91. The largest absolute Gasteiger partial charge is 0.492 e. The van der Waals surface area contributed by atoms with Gasteiger partial charge < -0.3 is 10.1 Å². The Balaban J connectivity index is 1.75. The molecule has 3 rings (SSSR count). The summed E-state index contributed by atoms with van der Waals surface area (Å²) in [7, 11) is -7.72. The highest BCUT2D eigenvalue weighted by atomic mass is 35.5. The SMILES string of the molecule is CCOc1ccccc1N(CC(=O)Nc1ccc(S(=O)(=O)Nc2cccc(Cl)c2C)cc1)S(C)(=O)=O. The van der Waals surface area contributed by atoms with Gasteiger partial charge in [-0.2, -0.15) is 0 Å². The quantitative estimate of drug-likeness (QED) is 0.388. The highest BCUT2D eigenvalue weighted by molar-refractivity contribution is 7.92. The zero-order valence-corrected chi connectivity index (χ0v) is 22.2. The first-order valence-corrected chi connectivity index (χ1v) is 14.5. The number of anilines is 3. The smallest absolute Gasteiger partial charge is 0.261 e. The number of ether oxygens (including phenoxy) is 1. The zero-order valence-electron chi connectivity index (χ0n) is 19.9. The summed E-state index contributed by atoms with van der Waals surface area (Å²) in [4.78, 5) is 12.7. The number of halogens is 1. The molecule has 0 radical (unpaired) electrons. The molecule has 3 aromatic carbocycles.